The molecule has 0 aromatic rings. The minimum atomic E-state index is -0.862. The van der Waals surface area contributed by atoms with Gasteiger partial charge in [-0.05, 0) is 32.1 Å². The number of nitrogens with one attached hydrogen (secondary N) is 1. The first-order valence-electron chi connectivity index (χ1n) is 38.6. The van der Waals surface area contributed by atoms with Crippen LogP contribution in [0.25, 0.3) is 0 Å². The maximum atomic E-state index is 12.6. The normalized spacial score (nSPS) is 12.7. The number of carbonyl (C=O) groups is 1. The van der Waals surface area contributed by atoms with Gasteiger partial charge in [0.1, 0.15) is 0 Å². The summed E-state index contributed by atoms with van der Waals surface area (Å²) < 4.78 is 0. The summed E-state index contributed by atoms with van der Waals surface area (Å²) in [5, 5.41) is 23.3. The number of unbranched alkanes of at least 4 members (excludes halogenated alkanes) is 64. The van der Waals surface area contributed by atoms with Gasteiger partial charge in [0.25, 0.3) is 0 Å². The minimum absolute atomic E-state index is 0.0631. The Morgan fingerprint density at radius 1 is 0.280 bits per heavy atom. The average molecular weight is 1150 g/mol. The molecule has 0 aliphatic rings. The van der Waals surface area contributed by atoms with E-state index in [0.29, 0.717) is 6.42 Å². The van der Waals surface area contributed by atoms with Crippen LogP contribution in [0.4, 0.5) is 0 Å². The number of aliphatic hydroxyl groups excluding tert-OH is 2. The summed E-state index contributed by atoms with van der Waals surface area (Å²) in [4.78, 5) is 12.6. The van der Waals surface area contributed by atoms with Crippen molar-refractivity contribution in [1.29, 1.82) is 0 Å². The van der Waals surface area contributed by atoms with E-state index in [1.165, 1.54) is 398 Å². The average Bonchev–Trinajstić information content (AvgIpc) is 3.50. The molecule has 2 unspecified atom stereocenters. The molecule has 4 heteroatoms. The first-order chi connectivity index (χ1) is 40.7. The van der Waals surface area contributed by atoms with Crippen LogP contribution in [0.15, 0.2) is 24.3 Å². The molecular weight excluding hydrogens is 999 g/mol. The third-order valence-electron chi connectivity index (χ3n) is 18.4. The van der Waals surface area contributed by atoms with Gasteiger partial charge in [0.2, 0.25) is 5.91 Å². The molecule has 82 heavy (non-hydrogen) atoms. The molecule has 0 rings (SSSR count). The number of rotatable bonds is 73. The fourth-order valence-electron chi connectivity index (χ4n) is 12.6. The molecule has 0 saturated heterocycles. The van der Waals surface area contributed by atoms with Gasteiger partial charge in [-0.1, -0.05) is 436 Å². The predicted molar refractivity (Wildman–Crippen MR) is 369 cm³/mol. The van der Waals surface area contributed by atoms with Crippen LogP contribution in [0.3, 0.4) is 0 Å². The van der Waals surface area contributed by atoms with Gasteiger partial charge in [0.15, 0.2) is 0 Å². The fourth-order valence-corrected chi connectivity index (χ4v) is 12.6. The monoisotopic (exact) mass is 1150 g/mol. The Morgan fingerprint density at radius 2 is 0.476 bits per heavy atom. The fraction of sp³-hybridized carbons (Fsp3) is 0.936. The van der Waals surface area contributed by atoms with E-state index >= 15 is 0 Å². The molecule has 3 N–H and O–H groups in total. The highest BCUT2D eigenvalue weighted by atomic mass is 16.3. The molecule has 0 aromatic heterocycles. The van der Waals surface area contributed by atoms with Gasteiger partial charge >= 0.3 is 0 Å². The van der Waals surface area contributed by atoms with Gasteiger partial charge < -0.3 is 15.5 Å². The van der Waals surface area contributed by atoms with E-state index in [1.807, 2.05) is 6.08 Å². The topological polar surface area (TPSA) is 69.6 Å². The van der Waals surface area contributed by atoms with Crippen molar-refractivity contribution in [2.45, 2.75) is 463 Å². The molecule has 0 radical (unpaired) electrons. The van der Waals surface area contributed by atoms with E-state index in [-0.39, 0.29) is 12.5 Å². The van der Waals surface area contributed by atoms with Crippen LogP contribution in [0.2, 0.25) is 0 Å². The lowest BCUT2D eigenvalue weighted by molar-refractivity contribution is -0.123. The van der Waals surface area contributed by atoms with Gasteiger partial charge in [-0.2, -0.15) is 0 Å². The zero-order valence-corrected chi connectivity index (χ0v) is 56.6. The number of hydrogen-bond donors (Lipinski definition) is 3. The van der Waals surface area contributed by atoms with Crippen molar-refractivity contribution in [2.75, 3.05) is 6.61 Å². The summed E-state index contributed by atoms with van der Waals surface area (Å²) in [7, 11) is 0. The molecule has 4 nitrogen and oxygen atoms in total. The van der Waals surface area contributed by atoms with Gasteiger partial charge in [-0.3, -0.25) is 4.79 Å². The van der Waals surface area contributed by atoms with Crippen LogP contribution in [-0.4, -0.2) is 34.9 Å². The second-order valence-electron chi connectivity index (χ2n) is 26.8. The van der Waals surface area contributed by atoms with E-state index in [1.54, 1.807) is 6.08 Å². The quantitative estimate of drug-likeness (QED) is 0.0420. The van der Waals surface area contributed by atoms with Gasteiger partial charge in [-0.15, -0.1) is 0 Å². The van der Waals surface area contributed by atoms with Crippen LogP contribution >= 0.6 is 0 Å². The van der Waals surface area contributed by atoms with E-state index in [9.17, 15) is 15.0 Å². The summed E-state index contributed by atoms with van der Waals surface area (Å²) >= 11 is 0. The first kappa shape index (κ1) is 80.9. The molecule has 2 atom stereocenters. The van der Waals surface area contributed by atoms with E-state index in [4.69, 9.17) is 0 Å². The zero-order valence-electron chi connectivity index (χ0n) is 56.6. The van der Waals surface area contributed by atoms with Crippen LogP contribution in [0.1, 0.15) is 450 Å². The molecule has 488 valence electrons. The van der Waals surface area contributed by atoms with E-state index in [2.05, 4.69) is 31.3 Å². The lowest BCUT2D eigenvalue weighted by Crippen LogP contribution is -2.45. The number of amides is 1. The van der Waals surface area contributed by atoms with Gasteiger partial charge in [-0.25, -0.2) is 0 Å². The summed E-state index contributed by atoms with van der Waals surface area (Å²) in [6, 6.07) is -0.638. The molecular formula is C78H153NO3. The van der Waals surface area contributed by atoms with Crippen molar-refractivity contribution in [3.8, 4) is 0 Å². The van der Waals surface area contributed by atoms with Crippen molar-refractivity contribution < 1.29 is 15.0 Å². The lowest BCUT2D eigenvalue weighted by atomic mass is 10.0. The van der Waals surface area contributed by atoms with E-state index < -0.39 is 12.1 Å². The molecule has 0 spiro atoms. The second-order valence-corrected chi connectivity index (χ2v) is 26.8. The molecule has 0 fully saturated rings. The molecule has 0 aliphatic carbocycles. The molecule has 0 bridgehead atoms. The Labute approximate surface area is 517 Å². The van der Waals surface area contributed by atoms with Crippen molar-refractivity contribution in [3.63, 3.8) is 0 Å². The summed E-state index contributed by atoms with van der Waals surface area (Å²) in [6.45, 7) is 4.36. The predicted octanol–water partition coefficient (Wildman–Crippen LogP) is 26.5. The summed E-state index contributed by atoms with van der Waals surface area (Å²) in [5.74, 6) is -0.0631. The largest absolute Gasteiger partial charge is 0.394 e. The number of hydrogen-bond acceptors (Lipinski definition) is 3. The number of carbonyl (C=O) groups excluding carboxylic acids is 1. The molecule has 0 aliphatic heterocycles. The Hall–Kier alpha value is -1.13. The third kappa shape index (κ3) is 69.6. The molecule has 0 aromatic carbocycles. The molecule has 1 amide bonds. The Kier molecular flexibility index (Phi) is 73.1. The van der Waals surface area contributed by atoms with Crippen molar-refractivity contribution in [3.05, 3.63) is 24.3 Å². The first-order valence-corrected chi connectivity index (χ1v) is 38.6. The Balaban J connectivity index is 3.40. The second kappa shape index (κ2) is 74.1. The highest BCUT2D eigenvalue weighted by Crippen LogP contribution is 2.20. The number of aliphatic hydroxyl groups is 2. The van der Waals surface area contributed by atoms with Crippen LogP contribution in [0.5, 0.6) is 0 Å². The standard InChI is InChI=1S/C78H153NO3/c1-3-5-7-9-11-13-15-17-19-21-23-25-27-29-31-33-35-37-38-39-40-41-42-44-46-48-50-52-54-56-58-60-62-64-66-68-70-72-74-78(82)79-76(75-80)77(81)73-71-69-67-65-63-61-59-57-55-53-51-49-47-45-43-36-34-32-30-28-26-24-22-20-18-16-14-12-10-8-6-4-2/h63,65,71,73,76-77,80-81H,3-62,64,66-70,72,74-75H2,1-2H3,(H,79,82)/b65-63+,73-71+. The zero-order chi connectivity index (χ0) is 59.1. The Bertz CT molecular complexity index is 1210. The summed E-state index contributed by atoms with van der Waals surface area (Å²) in [5.41, 5.74) is 0. The minimum Gasteiger partial charge on any atom is -0.394 e. The highest BCUT2D eigenvalue weighted by molar-refractivity contribution is 5.76. The van der Waals surface area contributed by atoms with Crippen molar-refractivity contribution in [1.82, 2.24) is 5.32 Å². The maximum Gasteiger partial charge on any atom is 0.220 e. The van der Waals surface area contributed by atoms with Crippen molar-refractivity contribution >= 4 is 5.91 Å². The highest BCUT2D eigenvalue weighted by Gasteiger charge is 2.18. The molecule has 0 heterocycles. The van der Waals surface area contributed by atoms with Crippen LogP contribution in [-0.2, 0) is 4.79 Å². The molecule has 0 saturated carbocycles. The Morgan fingerprint density at radius 3 is 0.707 bits per heavy atom. The van der Waals surface area contributed by atoms with Gasteiger partial charge in [0, 0.05) is 6.42 Å². The number of allylic oxidation sites excluding steroid dienone is 3. The van der Waals surface area contributed by atoms with Crippen molar-refractivity contribution in [2.24, 2.45) is 0 Å². The maximum absolute atomic E-state index is 12.6. The third-order valence-corrected chi connectivity index (χ3v) is 18.4. The van der Waals surface area contributed by atoms with E-state index in [0.717, 1.165) is 32.1 Å². The SMILES string of the molecule is CCCCCCCCCCCCCCCCCCCCCCCCCCCC/C=C/CC/C=C/C(O)C(CO)NC(=O)CCCCCCCCCCCCCCCCCCCCCCCCCCCCCCCCCCCCCCCC. The smallest absolute Gasteiger partial charge is 0.220 e. The van der Waals surface area contributed by atoms with Crippen LogP contribution in [0, 0.1) is 0 Å². The van der Waals surface area contributed by atoms with Crippen LogP contribution < -0.4 is 5.32 Å². The summed E-state index contributed by atoms with van der Waals surface area (Å²) in [6.07, 6.45) is 102. The lowest BCUT2D eigenvalue weighted by Gasteiger charge is -2.19. The van der Waals surface area contributed by atoms with Gasteiger partial charge in [0.05, 0.1) is 18.8 Å².